The number of hydrogen-bond acceptors (Lipinski definition) is 1. The van der Waals surface area contributed by atoms with E-state index in [0.29, 0.717) is 6.04 Å². The van der Waals surface area contributed by atoms with Gasteiger partial charge in [-0.25, -0.2) is 0 Å². The third-order valence-corrected chi connectivity index (χ3v) is 4.64. The zero-order valence-electron chi connectivity index (χ0n) is 12.5. The Bertz CT molecular complexity index is 190. The van der Waals surface area contributed by atoms with E-state index in [0.717, 1.165) is 17.9 Å². The molecule has 0 heterocycles. The monoisotopic (exact) mass is 239 g/mol. The van der Waals surface area contributed by atoms with Gasteiger partial charge >= 0.3 is 0 Å². The van der Waals surface area contributed by atoms with Gasteiger partial charge in [-0.15, -0.1) is 0 Å². The van der Waals surface area contributed by atoms with Crippen LogP contribution in [0.25, 0.3) is 0 Å². The van der Waals surface area contributed by atoms with E-state index >= 15 is 0 Å². The summed E-state index contributed by atoms with van der Waals surface area (Å²) in [6, 6.07) is 1.50. The fourth-order valence-electron chi connectivity index (χ4n) is 3.19. The maximum absolute atomic E-state index is 3.87. The lowest BCUT2D eigenvalue weighted by molar-refractivity contribution is 0.349. The van der Waals surface area contributed by atoms with E-state index in [-0.39, 0.29) is 0 Å². The van der Waals surface area contributed by atoms with E-state index in [1.165, 1.54) is 51.4 Å². The Morgan fingerprint density at radius 3 is 2.47 bits per heavy atom. The molecule has 1 rings (SSSR count). The van der Waals surface area contributed by atoms with E-state index in [1.54, 1.807) is 0 Å². The highest BCUT2D eigenvalue weighted by Crippen LogP contribution is 2.26. The van der Waals surface area contributed by atoms with Crippen LogP contribution in [0.4, 0.5) is 0 Å². The first-order valence-corrected chi connectivity index (χ1v) is 7.91. The minimum absolute atomic E-state index is 0.702. The summed E-state index contributed by atoms with van der Waals surface area (Å²) >= 11 is 0. The molecule has 0 aromatic rings. The van der Waals surface area contributed by atoms with E-state index in [2.05, 4.69) is 33.0 Å². The molecule has 17 heavy (non-hydrogen) atoms. The number of nitrogens with one attached hydrogen (secondary N) is 1. The molecule has 102 valence electrons. The van der Waals surface area contributed by atoms with Crippen molar-refractivity contribution >= 4 is 0 Å². The molecule has 4 atom stereocenters. The predicted octanol–water partition coefficient (Wildman–Crippen LogP) is 4.76. The SMILES string of the molecule is CCC(C)CC(C)NC1CCCC(CC)CC1. The van der Waals surface area contributed by atoms with Crippen molar-refractivity contribution in [3.8, 4) is 0 Å². The van der Waals surface area contributed by atoms with Crippen LogP contribution in [0.1, 0.15) is 79.1 Å². The van der Waals surface area contributed by atoms with Crippen LogP contribution in [0.2, 0.25) is 0 Å². The highest BCUT2D eigenvalue weighted by molar-refractivity contribution is 4.77. The molecular weight excluding hydrogens is 206 g/mol. The average molecular weight is 239 g/mol. The van der Waals surface area contributed by atoms with Crippen LogP contribution < -0.4 is 5.32 Å². The second-order valence-corrected chi connectivity index (χ2v) is 6.30. The Kier molecular flexibility index (Phi) is 7.18. The van der Waals surface area contributed by atoms with Crippen molar-refractivity contribution in [2.45, 2.75) is 91.1 Å². The predicted molar refractivity (Wildman–Crippen MR) is 77.3 cm³/mol. The van der Waals surface area contributed by atoms with Gasteiger partial charge in [0.05, 0.1) is 0 Å². The third kappa shape index (κ3) is 5.90. The molecule has 1 aliphatic rings. The molecule has 1 saturated carbocycles. The Morgan fingerprint density at radius 2 is 1.82 bits per heavy atom. The molecule has 1 N–H and O–H groups in total. The second-order valence-electron chi connectivity index (χ2n) is 6.30. The van der Waals surface area contributed by atoms with Gasteiger partial charge in [0.15, 0.2) is 0 Å². The first-order chi connectivity index (χ1) is 8.15. The Morgan fingerprint density at radius 1 is 1.06 bits per heavy atom. The summed E-state index contributed by atoms with van der Waals surface area (Å²) < 4.78 is 0. The van der Waals surface area contributed by atoms with Crippen LogP contribution in [0.3, 0.4) is 0 Å². The van der Waals surface area contributed by atoms with Crippen LogP contribution in [-0.4, -0.2) is 12.1 Å². The molecule has 0 aromatic carbocycles. The first-order valence-electron chi connectivity index (χ1n) is 7.91. The van der Waals surface area contributed by atoms with Gasteiger partial charge in [0.1, 0.15) is 0 Å². The zero-order chi connectivity index (χ0) is 12.7. The van der Waals surface area contributed by atoms with E-state index in [9.17, 15) is 0 Å². The van der Waals surface area contributed by atoms with Crippen LogP contribution >= 0.6 is 0 Å². The van der Waals surface area contributed by atoms with Crippen LogP contribution in [-0.2, 0) is 0 Å². The van der Waals surface area contributed by atoms with Crippen LogP contribution in [0.15, 0.2) is 0 Å². The fourth-order valence-corrected chi connectivity index (χ4v) is 3.19. The lowest BCUT2D eigenvalue weighted by atomic mass is 9.97. The zero-order valence-corrected chi connectivity index (χ0v) is 12.5. The molecule has 1 nitrogen and oxygen atoms in total. The molecule has 0 aliphatic heterocycles. The maximum atomic E-state index is 3.87. The second kappa shape index (κ2) is 8.13. The molecule has 1 fully saturated rings. The normalized spacial score (nSPS) is 29.6. The molecule has 1 aliphatic carbocycles. The number of rotatable bonds is 6. The van der Waals surface area contributed by atoms with Crippen molar-refractivity contribution in [2.75, 3.05) is 0 Å². The molecule has 0 radical (unpaired) electrons. The Balaban J connectivity index is 2.26. The summed E-state index contributed by atoms with van der Waals surface area (Å²) in [4.78, 5) is 0. The van der Waals surface area contributed by atoms with Crippen molar-refractivity contribution in [1.29, 1.82) is 0 Å². The summed E-state index contributed by atoms with van der Waals surface area (Å²) in [5.41, 5.74) is 0. The van der Waals surface area contributed by atoms with Gasteiger partial charge in [0.25, 0.3) is 0 Å². The van der Waals surface area contributed by atoms with E-state index in [1.807, 2.05) is 0 Å². The van der Waals surface area contributed by atoms with Crippen molar-refractivity contribution in [3.63, 3.8) is 0 Å². The van der Waals surface area contributed by atoms with Crippen LogP contribution in [0, 0.1) is 11.8 Å². The van der Waals surface area contributed by atoms with Crippen molar-refractivity contribution in [1.82, 2.24) is 5.32 Å². The summed E-state index contributed by atoms with van der Waals surface area (Å²) in [6.45, 7) is 9.39. The third-order valence-electron chi connectivity index (χ3n) is 4.64. The minimum atomic E-state index is 0.702. The van der Waals surface area contributed by atoms with E-state index < -0.39 is 0 Å². The number of hydrogen-bond donors (Lipinski definition) is 1. The van der Waals surface area contributed by atoms with Crippen molar-refractivity contribution in [3.05, 3.63) is 0 Å². The molecule has 4 unspecified atom stereocenters. The molecular formula is C16H33N. The van der Waals surface area contributed by atoms with Crippen molar-refractivity contribution < 1.29 is 0 Å². The first kappa shape index (κ1) is 15.0. The van der Waals surface area contributed by atoms with Gasteiger partial charge in [-0.2, -0.15) is 0 Å². The Labute approximate surface area is 109 Å². The standard InChI is InChI=1S/C16H33N/c1-5-13(3)12-14(4)17-16-9-7-8-15(6-2)10-11-16/h13-17H,5-12H2,1-4H3. The molecule has 1 heteroatoms. The molecule has 0 aromatic heterocycles. The fraction of sp³-hybridized carbons (Fsp3) is 1.00. The lowest BCUT2D eigenvalue weighted by Crippen LogP contribution is -2.37. The topological polar surface area (TPSA) is 12.0 Å². The highest BCUT2D eigenvalue weighted by atomic mass is 14.9. The quantitative estimate of drug-likeness (QED) is 0.659. The van der Waals surface area contributed by atoms with Crippen molar-refractivity contribution in [2.24, 2.45) is 11.8 Å². The highest BCUT2D eigenvalue weighted by Gasteiger charge is 2.19. The largest absolute Gasteiger partial charge is 0.311 e. The van der Waals surface area contributed by atoms with Gasteiger partial charge in [0.2, 0.25) is 0 Å². The maximum Gasteiger partial charge on any atom is 0.00696 e. The van der Waals surface area contributed by atoms with Gasteiger partial charge in [0, 0.05) is 12.1 Å². The lowest BCUT2D eigenvalue weighted by Gasteiger charge is -2.24. The molecule has 0 saturated heterocycles. The molecule has 0 spiro atoms. The molecule has 0 amide bonds. The van der Waals surface area contributed by atoms with Crippen LogP contribution in [0.5, 0.6) is 0 Å². The summed E-state index contributed by atoms with van der Waals surface area (Å²) in [7, 11) is 0. The van der Waals surface area contributed by atoms with E-state index in [4.69, 9.17) is 0 Å². The van der Waals surface area contributed by atoms with Gasteiger partial charge in [-0.1, -0.05) is 46.5 Å². The average Bonchev–Trinajstić information content (AvgIpc) is 2.54. The smallest absolute Gasteiger partial charge is 0.00696 e. The molecule has 0 bridgehead atoms. The van der Waals surface area contributed by atoms with Gasteiger partial charge in [-0.3, -0.25) is 0 Å². The summed E-state index contributed by atoms with van der Waals surface area (Å²) in [5, 5.41) is 3.87. The van der Waals surface area contributed by atoms with Gasteiger partial charge in [-0.05, 0) is 44.4 Å². The summed E-state index contributed by atoms with van der Waals surface area (Å²) in [5.74, 6) is 1.87. The van der Waals surface area contributed by atoms with Gasteiger partial charge < -0.3 is 5.32 Å². The Hall–Kier alpha value is -0.0400. The minimum Gasteiger partial charge on any atom is -0.311 e. The summed E-state index contributed by atoms with van der Waals surface area (Å²) in [6.07, 6.45) is 11.2.